The van der Waals surface area contributed by atoms with Gasteiger partial charge in [0.15, 0.2) is 11.5 Å². The van der Waals surface area contributed by atoms with Crippen LogP contribution in [0.1, 0.15) is 46.5 Å². The minimum Gasteiger partial charge on any atom is -0.495 e. The van der Waals surface area contributed by atoms with Gasteiger partial charge in [0.05, 0.1) is 64.5 Å². The van der Waals surface area contributed by atoms with E-state index in [1.165, 1.54) is 13.3 Å². The van der Waals surface area contributed by atoms with Crippen molar-refractivity contribution in [3.63, 3.8) is 0 Å². The number of fused-ring (bicyclic) bond motifs is 2. The number of carbonyl (C=O) groups excluding carboxylic acids is 3. The molecule has 1 aromatic heterocycles. The van der Waals surface area contributed by atoms with Crippen molar-refractivity contribution >= 4 is 63.2 Å². The molecule has 3 aromatic carbocycles. The molecule has 0 bridgehead atoms. The van der Waals surface area contributed by atoms with Gasteiger partial charge in [-0.25, -0.2) is 0 Å². The molecule has 2 aliphatic heterocycles. The summed E-state index contributed by atoms with van der Waals surface area (Å²) in [6.07, 6.45) is 2.19. The van der Waals surface area contributed by atoms with Crippen molar-refractivity contribution in [1.29, 1.82) is 5.26 Å². The smallest absolute Gasteiger partial charge is 0.262 e. The molecule has 2 aliphatic rings. The van der Waals surface area contributed by atoms with E-state index < -0.39 is 17.9 Å². The monoisotopic (exact) mass is 744 g/mol. The number of rotatable bonds is 12. The largest absolute Gasteiger partial charge is 0.495 e. The Balaban J connectivity index is 1.06. The van der Waals surface area contributed by atoms with E-state index in [-0.39, 0.29) is 11.8 Å². The molecular formula is C38H38Cl2N6O6. The van der Waals surface area contributed by atoms with E-state index >= 15 is 0 Å². The van der Waals surface area contributed by atoms with Crippen LogP contribution < -0.4 is 19.5 Å². The van der Waals surface area contributed by atoms with E-state index in [2.05, 4.69) is 21.3 Å². The van der Waals surface area contributed by atoms with Crippen LogP contribution in [0.2, 0.25) is 10.0 Å². The summed E-state index contributed by atoms with van der Waals surface area (Å²) in [7, 11) is 3.05. The number of amides is 3. The second kappa shape index (κ2) is 15.7. The van der Waals surface area contributed by atoms with Crippen LogP contribution in [0.3, 0.4) is 0 Å². The van der Waals surface area contributed by atoms with E-state index in [1.807, 2.05) is 13.8 Å². The van der Waals surface area contributed by atoms with E-state index in [0.717, 1.165) is 11.4 Å². The fraction of sp³-hybridized carbons (Fsp3) is 0.342. The number of imide groups is 1. The van der Waals surface area contributed by atoms with E-state index in [9.17, 15) is 19.6 Å². The first-order valence-corrected chi connectivity index (χ1v) is 17.6. The zero-order valence-corrected chi connectivity index (χ0v) is 30.8. The Hall–Kier alpha value is -5.09. The second-order valence-electron chi connectivity index (χ2n) is 12.9. The Morgan fingerprint density at radius 1 is 0.942 bits per heavy atom. The maximum atomic E-state index is 13.7. The minimum absolute atomic E-state index is 0.208. The molecule has 0 radical (unpaired) electrons. The summed E-state index contributed by atoms with van der Waals surface area (Å²) in [6.45, 7) is 7.15. The highest BCUT2D eigenvalue weighted by molar-refractivity contribution is 6.37. The van der Waals surface area contributed by atoms with Gasteiger partial charge >= 0.3 is 0 Å². The zero-order chi connectivity index (χ0) is 37.1. The van der Waals surface area contributed by atoms with Gasteiger partial charge in [-0.15, -0.1) is 0 Å². The predicted molar refractivity (Wildman–Crippen MR) is 198 cm³/mol. The summed E-state index contributed by atoms with van der Waals surface area (Å²) in [4.78, 5) is 49.7. The van der Waals surface area contributed by atoms with Crippen molar-refractivity contribution in [2.45, 2.75) is 26.3 Å². The molecule has 0 spiro atoms. The summed E-state index contributed by atoms with van der Waals surface area (Å²) >= 11 is 12.7. The van der Waals surface area contributed by atoms with Gasteiger partial charge in [-0.05, 0) is 36.6 Å². The molecule has 52 heavy (non-hydrogen) atoms. The van der Waals surface area contributed by atoms with Gasteiger partial charge in [-0.1, -0.05) is 49.2 Å². The Morgan fingerprint density at radius 2 is 1.62 bits per heavy atom. The van der Waals surface area contributed by atoms with Crippen molar-refractivity contribution in [2.24, 2.45) is 5.92 Å². The average molecular weight is 746 g/mol. The van der Waals surface area contributed by atoms with Crippen LogP contribution in [-0.2, 0) is 4.79 Å². The van der Waals surface area contributed by atoms with Crippen molar-refractivity contribution in [1.82, 2.24) is 19.7 Å². The lowest BCUT2D eigenvalue weighted by atomic mass is 10.0. The van der Waals surface area contributed by atoms with Gasteiger partial charge in [0.1, 0.15) is 17.9 Å². The lowest BCUT2D eigenvalue weighted by Crippen LogP contribution is -2.57. The van der Waals surface area contributed by atoms with Gasteiger partial charge < -0.3 is 24.4 Å². The molecule has 1 unspecified atom stereocenters. The maximum Gasteiger partial charge on any atom is 0.262 e. The third-order valence-electron chi connectivity index (χ3n) is 9.32. The Kier molecular flexibility index (Phi) is 11.0. The van der Waals surface area contributed by atoms with Gasteiger partial charge in [-0.3, -0.25) is 29.2 Å². The molecule has 6 rings (SSSR count). The molecule has 3 heterocycles. The summed E-state index contributed by atoms with van der Waals surface area (Å²) < 4.78 is 17.2. The highest BCUT2D eigenvalue weighted by Crippen LogP contribution is 2.40. The van der Waals surface area contributed by atoms with Crippen LogP contribution >= 0.6 is 23.2 Å². The number of carbonyl (C=O) groups is 3. The Labute approximate surface area is 311 Å². The molecule has 270 valence electrons. The fourth-order valence-corrected chi connectivity index (χ4v) is 7.12. The molecular weight excluding hydrogens is 707 g/mol. The van der Waals surface area contributed by atoms with Gasteiger partial charge in [0.2, 0.25) is 5.91 Å². The molecule has 1 fully saturated rings. The van der Waals surface area contributed by atoms with E-state index in [4.69, 9.17) is 37.4 Å². The zero-order valence-electron chi connectivity index (χ0n) is 29.2. The number of halogens is 2. The molecule has 0 aliphatic carbocycles. The summed E-state index contributed by atoms with van der Waals surface area (Å²) in [5.41, 5.74) is 2.55. The number of methoxy groups -OCH3 is 2. The van der Waals surface area contributed by atoms with Gasteiger partial charge in [0.25, 0.3) is 11.8 Å². The molecule has 0 saturated carbocycles. The molecule has 14 heteroatoms. The third kappa shape index (κ3) is 7.17. The minimum atomic E-state index is -0.865. The Bertz CT molecular complexity index is 2040. The number of nitriles is 1. The SMILES string of the molecule is COc1cc(Nc2c(C#N)cnc3cc(OCCCN4CCN(C(=O)C(C(C)C)N5C(=O)c6ccccc6C5=O)CC4)c(OC)cc23)c(Cl)cc1Cl. The highest BCUT2D eigenvalue weighted by Gasteiger charge is 2.45. The number of hydrogen-bond donors (Lipinski definition) is 1. The first kappa shape index (κ1) is 36.7. The standard InChI is InChI=1S/C38H38Cl2N6O6/c1-22(2)35(46-36(47)24-8-5-6-9-25(24)37(46)48)38(49)45-13-11-44(12-14-45)10-7-15-52-33-18-29-26(16-32(33)51-4)34(23(20-41)21-42-29)43-30-19-31(50-3)28(40)17-27(30)39/h5-6,8-9,16-19,21-22,35H,7,10-15H2,1-4H3,(H,42,43). The van der Waals surface area contributed by atoms with Crippen molar-refractivity contribution < 1.29 is 28.6 Å². The lowest BCUT2D eigenvalue weighted by molar-refractivity contribution is -0.138. The van der Waals surface area contributed by atoms with Gasteiger partial charge in [-0.2, -0.15) is 5.26 Å². The fourth-order valence-electron chi connectivity index (χ4n) is 6.61. The maximum absolute atomic E-state index is 13.7. The first-order chi connectivity index (χ1) is 25.1. The van der Waals surface area contributed by atoms with Crippen LogP contribution in [0.5, 0.6) is 17.2 Å². The number of anilines is 2. The number of benzene rings is 3. The number of hydrogen-bond acceptors (Lipinski definition) is 10. The molecule has 1 saturated heterocycles. The molecule has 4 aromatic rings. The summed E-state index contributed by atoms with van der Waals surface area (Å²) in [5.74, 6) is 0.115. The molecule has 12 nitrogen and oxygen atoms in total. The molecule has 3 amide bonds. The summed E-state index contributed by atoms with van der Waals surface area (Å²) in [6, 6.07) is 14.8. The lowest BCUT2D eigenvalue weighted by Gasteiger charge is -2.38. The number of nitrogens with one attached hydrogen (secondary N) is 1. The van der Waals surface area contributed by atoms with E-state index in [0.29, 0.717) is 105 Å². The first-order valence-electron chi connectivity index (χ1n) is 16.9. The number of pyridine rings is 1. The number of nitrogens with zero attached hydrogens (tertiary/aromatic N) is 5. The normalized spacial score (nSPS) is 15.1. The number of aromatic nitrogens is 1. The van der Waals surface area contributed by atoms with Crippen LogP contribution in [0.4, 0.5) is 11.4 Å². The highest BCUT2D eigenvalue weighted by atomic mass is 35.5. The van der Waals surface area contributed by atoms with Crippen LogP contribution in [0.15, 0.2) is 54.7 Å². The number of piperazine rings is 1. The second-order valence-corrected chi connectivity index (χ2v) is 13.7. The number of ether oxygens (including phenoxy) is 3. The van der Waals surface area contributed by atoms with Gasteiger partial charge in [0, 0.05) is 56.4 Å². The van der Waals surface area contributed by atoms with Crippen LogP contribution in [0, 0.1) is 17.2 Å². The molecule has 1 atom stereocenters. The Morgan fingerprint density at radius 3 is 2.23 bits per heavy atom. The van der Waals surface area contributed by atoms with Crippen LogP contribution in [0.25, 0.3) is 10.9 Å². The quantitative estimate of drug-likeness (QED) is 0.128. The van der Waals surface area contributed by atoms with E-state index in [1.54, 1.807) is 60.5 Å². The van der Waals surface area contributed by atoms with Crippen molar-refractivity contribution in [3.8, 4) is 23.3 Å². The summed E-state index contributed by atoms with van der Waals surface area (Å²) in [5, 5.41) is 14.5. The van der Waals surface area contributed by atoms with Crippen molar-refractivity contribution in [3.05, 3.63) is 81.5 Å². The third-order valence-corrected chi connectivity index (χ3v) is 9.93. The van der Waals surface area contributed by atoms with Crippen molar-refractivity contribution in [2.75, 3.05) is 58.9 Å². The topological polar surface area (TPSA) is 137 Å². The average Bonchev–Trinajstić information content (AvgIpc) is 3.39. The predicted octanol–water partition coefficient (Wildman–Crippen LogP) is 6.41. The van der Waals surface area contributed by atoms with Crippen LogP contribution in [-0.4, -0.2) is 97.0 Å². The molecule has 1 N–H and O–H groups in total.